The van der Waals surface area contributed by atoms with Gasteiger partial charge in [-0.25, -0.2) is 0 Å². The maximum absolute atomic E-state index is 11.0. The van der Waals surface area contributed by atoms with Gasteiger partial charge in [0, 0.05) is 31.3 Å². The Bertz CT molecular complexity index is 1100. The fourth-order valence-electron chi connectivity index (χ4n) is 4.05. The van der Waals surface area contributed by atoms with Gasteiger partial charge in [-0.3, -0.25) is 9.69 Å². The predicted molar refractivity (Wildman–Crippen MR) is 125 cm³/mol. The Morgan fingerprint density at radius 1 is 1.19 bits per heavy atom. The van der Waals surface area contributed by atoms with Gasteiger partial charge in [-0.2, -0.15) is 0 Å². The van der Waals surface area contributed by atoms with E-state index in [4.69, 9.17) is 9.52 Å². The summed E-state index contributed by atoms with van der Waals surface area (Å²) in [6.07, 6.45) is 5.19. The van der Waals surface area contributed by atoms with E-state index in [-0.39, 0.29) is 5.92 Å². The van der Waals surface area contributed by atoms with Gasteiger partial charge < -0.3 is 9.52 Å². The fourth-order valence-corrected chi connectivity index (χ4v) is 4.05. The number of likely N-dealkylation sites (tertiary alicyclic amines) is 1. The van der Waals surface area contributed by atoms with Gasteiger partial charge in [0.15, 0.2) is 0 Å². The number of hydrogen-bond donors (Lipinski definition) is 1. The van der Waals surface area contributed by atoms with Gasteiger partial charge in [0.25, 0.3) is 0 Å². The van der Waals surface area contributed by atoms with E-state index in [2.05, 4.69) is 40.2 Å². The molecule has 2 aromatic carbocycles. The lowest BCUT2D eigenvalue weighted by molar-refractivity contribution is -0.147. The summed E-state index contributed by atoms with van der Waals surface area (Å²) in [7, 11) is 0. The number of nitrogens with zero attached hydrogens (tertiary/aromatic N) is 3. The number of unbranched alkanes of at least 4 members (excludes halogenated alkanes) is 1. The first-order valence-electron chi connectivity index (χ1n) is 11.2. The smallest absolute Gasteiger partial charge is 0.309 e. The van der Waals surface area contributed by atoms with Crippen molar-refractivity contribution in [1.29, 1.82) is 0 Å². The van der Waals surface area contributed by atoms with Crippen LogP contribution in [0.25, 0.3) is 23.1 Å². The summed E-state index contributed by atoms with van der Waals surface area (Å²) < 4.78 is 6.00. The summed E-state index contributed by atoms with van der Waals surface area (Å²) >= 11 is 0. The minimum atomic E-state index is -0.709. The average Bonchev–Trinajstić information content (AvgIpc) is 3.22. The molecule has 1 aliphatic heterocycles. The number of aliphatic carboxylic acids is 1. The fraction of sp³-hybridized carbons (Fsp3) is 0.346. The minimum Gasteiger partial charge on any atom is -0.481 e. The van der Waals surface area contributed by atoms with Crippen LogP contribution in [0.1, 0.15) is 48.8 Å². The molecule has 0 atom stereocenters. The molecule has 0 unspecified atom stereocenters. The molecular weight excluding hydrogens is 402 g/mol. The second kappa shape index (κ2) is 9.92. The molecule has 1 aliphatic rings. The second-order valence-corrected chi connectivity index (χ2v) is 8.46. The number of hydrogen-bond acceptors (Lipinski definition) is 5. The third-order valence-electron chi connectivity index (χ3n) is 5.92. The molecule has 1 aromatic heterocycles. The molecule has 3 aromatic rings. The normalized spacial score (nSPS) is 15.0. The Morgan fingerprint density at radius 2 is 1.97 bits per heavy atom. The van der Waals surface area contributed by atoms with Gasteiger partial charge in [0.05, 0.1) is 5.92 Å². The Labute approximate surface area is 188 Å². The van der Waals surface area contributed by atoms with Crippen LogP contribution in [-0.4, -0.2) is 39.3 Å². The molecule has 0 spiro atoms. The maximum atomic E-state index is 11.0. The van der Waals surface area contributed by atoms with Crippen LogP contribution in [0.5, 0.6) is 0 Å². The summed E-state index contributed by atoms with van der Waals surface area (Å²) in [5, 5.41) is 17.6. The largest absolute Gasteiger partial charge is 0.481 e. The van der Waals surface area contributed by atoms with E-state index >= 15 is 0 Å². The molecule has 166 valence electrons. The Hall–Kier alpha value is -3.25. The van der Waals surface area contributed by atoms with Crippen LogP contribution in [-0.2, 0) is 11.3 Å². The van der Waals surface area contributed by atoms with Gasteiger partial charge in [-0.1, -0.05) is 55.8 Å². The first-order valence-corrected chi connectivity index (χ1v) is 11.2. The lowest BCUT2D eigenvalue weighted by Gasteiger charge is -2.36. The molecule has 0 bridgehead atoms. The summed E-state index contributed by atoms with van der Waals surface area (Å²) in [5.74, 6) is 0.0781. The van der Waals surface area contributed by atoms with Crippen molar-refractivity contribution in [2.24, 2.45) is 5.92 Å². The van der Waals surface area contributed by atoms with Crippen molar-refractivity contribution >= 4 is 17.6 Å². The van der Waals surface area contributed by atoms with E-state index in [1.807, 2.05) is 43.3 Å². The van der Waals surface area contributed by atoms with Crippen LogP contribution in [0.15, 0.2) is 52.9 Å². The number of aromatic nitrogens is 2. The highest BCUT2D eigenvalue weighted by Crippen LogP contribution is 2.28. The van der Waals surface area contributed by atoms with Gasteiger partial charge in [0.2, 0.25) is 11.8 Å². The molecule has 0 saturated carbocycles. The average molecular weight is 432 g/mol. The zero-order valence-electron chi connectivity index (χ0n) is 18.6. The molecule has 1 saturated heterocycles. The third-order valence-corrected chi connectivity index (χ3v) is 5.92. The highest BCUT2D eigenvalue weighted by molar-refractivity contribution is 5.79. The Morgan fingerprint density at radius 3 is 2.66 bits per heavy atom. The number of rotatable bonds is 9. The number of carboxylic acids is 1. The standard InChI is InChI=1S/C26H29N3O3/c1-3-4-8-21(20-9-6-5-7-10-20)14-24-27-28-25(32-24)23-12-11-19(13-18(23)2)15-29-16-22(17-29)26(30)31/h5-7,9-14,22H,3-4,8,15-17H2,1-2H3,(H,30,31). The topological polar surface area (TPSA) is 79.5 Å². The number of allylic oxidation sites excluding steroid dienone is 1. The van der Waals surface area contributed by atoms with Gasteiger partial charge >= 0.3 is 5.97 Å². The third kappa shape index (κ3) is 5.14. The van der Waals surface area contributed by atoms with E-state index in [1.165, 1.54) is 11.1 Å². The van der Waals surface area contributed by atoms with E-state index in [0.717, 1.165) is 42.5 Å². The highest BCUT2D eigenvalue weighted by atomic mass is 16.4. The van der Waals surface area contributed by atoms with Gasteiger partial charge in [-0.05, 0) is 48.1 Å². The van der Waals surface area contributed by atoms with Crippen LogP contribution in [0.2, 0.25) is 0 Å². The van der Waals surface area contributed by atoms with E-state index in [0.29, 0.717) is 24.9 Å². The summed E-state index contributed by atoms with van der Waals surface area (Å²) in [4.78, 5) is 13.1. The molecule has 0 amide bonds. The summed E-state index contributed by atoms with van der Waals surface area (Å²) in [6.45, 7) is 6.19. The summed E-state index contributed by atoms with van der Waals surface area (Å²) in [6, 6.07) is 16.5. The predicted octanol–water partition coefficient (Wildman–Crippen LogP) is 5.29. The molecule has 6 heteroatoms. The van der Waals surface area contributed by atoms with E-state index in [9.17, 15) is 4.79 Å². The molecule has 1 N–H and O–H groups in total. The van der Waals surface area contributed by atoms with Crippen LogP contribution < -0.4 is 0 Å². The molecule has 1 fully saturated rings. The first kappa shape index (κ1) is 22.0. The van der Waals surface area contributed by atoms with Crippen molar-refractivity contribution < 1.29 is 14.3 Å². The van der Waals surface area contributed by atoms with Crippen molar-refractivity contribution in [3.63, 3.8) is 0 Å². The lowest BCUT2D eigenvalue weighted by atomic mass is 9.98. The van der Waals surface area contributed by atoms with E-state index < -0.39 is 5.97 Å². The first-order chi connectivity index (χ1) is 15.5. The number of carboxylic acid groups (broad SMARTS) is 1. The zero-order chi connectivity index (χ0) is 22.5. The van der Waals surface area contributed by atoms with Crippen LogP contribution in [0, 0.1) is 12.8 Å². The van der Waals surface area contributed by atoms with Crippen molar-refractivity contribution in [1.82, 2.24) is 15.1 Å². The van der Waals surface area contributed by atoms with Crippen molar-refractivity contribution in [2.45, 2.75) is 39.7 Å². The number of carbonyl (C=O) groups is 1. The number of aryl methyl sites for hydroxylation is 1. The monoisotopic (exact) mass is 431 g/mol. The Kier molecular flexibility index (Phi) is 6.81. The maximum Gasteiger partial charge on any atom is 0.309 e. The van der Waals surface area contributed by atoms with Crippen LogP contribution in [0.4, 0.5) is 0 Å². The SMILES string of the molecule is CCCCC(=Cc1nnc(-c2ccc(CN3CC(C(=O)O)C3)cc2C)o1)c1ccccc1. The molecular formula is C26H29N3O3. The highest BCUT2D eigenvalue weighted by Gasteiger charge is 2.32. The molecule has 0 radical (unpaired) electrons. The van der Waals surface area contributed by atoms with Gasteiger partial charge in [-0.15, -0.1) is 10.2 Å². The number of benzene rings is 2. The minimum absolute atomic E-state index is 0.238. The quantitative estimate of drug-likeness (QED) is 0.496. The van der Waals surface area contributed by atoms with Crippen LogP contribution in [0.3, 0.4) is 0 Å². The van der Waals surface area contributed by atoms with E-state index in [1.54, 1.807) is 0 Å². The lowest BCUT2D eigenvalue weighted by Crippen LogP contribution is -2.49. The Balaban J connectivity index is 1.49. The van der Waals surface area contributed by atoms with Gasteiger partial charge in [0.1, 0.15) is 0 Å². The molecule has 32 heavy (non-hydrogen) atoms. The zero-order valence-corrected chi connectivity index (χ0v) is 18.6. The molecule has 6 nitrogen and oxygen atoms in total. The van der Waals surface area contributed by atoms with Crippen LogP contribution >= 0.6 is 0 Å². The van der Waals surface area contributed by atoms with Crippen molar-refractivity contribution in [3.05, 3.63) is 71.1 Å². The molecule has 0 aliphatic carbocycles. The van der Waals surface area contributed by atoms with Crippen molar-refractivity contribution in [3.8, 4) is 11.5 Å². The summed E-state index contributed by atoms with van der Waals surface area (Å²) in [5.41, 5.74) is 5.51. The van der Waals surface area contributed by atoms with Crippen molar-refractivity contribution in [2.75, 3.05) is 13.1 Å². The second-order valence-electron chi connectivity index (χ2n) is 8.46. The molecule has 4 rings (SSSR count). The molecule has 2 heterocycles.